The summed E-state index contributed by atoms with van der Waals surface area (Å²) in [4.78, 5) is 38.4. The second-order valence-corrected chi connectivity index (χ2v) is 6.47. The molecule has 0 aromatic carbocycles. The number of urea groups is 1. The first-order valence-corrected chi connectivity index (χ1v) is 7.81. The molecule has 3 rings (SSSR count). The Balaban J connectivity index is 1.83. The van der Waals surface area contributed by atoms with Crippen molar-refractivity contribution >= 4 is 17.8 Å². The van der Waals surface area contributed by atoms with Crippen molar-refractivity contribution in [1.29, 1.82) is 0 Å². The number of hydrogen-bond donors (Lipinski definition) is 1. The summed E-state index contributed by atoms with van der Waals surface area (Å²) in [5.41, 5.74) is -0.964. The van der Waals surface area contributed by atoms with E-state index >= 15 is 0 Å². The largest absolute Gasteiger partial charge is 0.330 e. The predicted octanol–water partition coefficient (Wildman–Crippen LogP) is 2.21. The molecule has 0 bridgehead atoms. The molecular weight excluding hydrogens is 256 g/mol. The number of nitrogens with zero attached hydrogens (tertiary/aromatic N) is 1. The van der Waals surface area contributed by atoms with Crippen LogP contribution in [0.5, 0.6) is 0 Å². The van der Waals surface area contributed by atoms with Crippen LogP contribution < -0.4 is 5.32 Å². The Labute approximate surface area is 119 Å². The Morgan fingerprint density at radius 3 is 2.20 bits per heavy atom. The molecule has 0 unspecified atom stereocenters. The third-order valence-electron chi connectivity index (χ3n) is 5.18. The van der Waals surface area contributed by atoms with Gasteiger partial charge in [0.2, 0.25) is 11.8 Å². The molecule has 1 N–H and O–H groups in total. The third kappa shape index (κ3) is 2.13. The average Bonchev–Trinajstić information content (AvgIpc) is 2.61. The molecule has 3 aliphatic rings. The van der Waals surface area contributed by atoms with Crippen molar-refractivity contribution in [1.82, 2.24) is 10.2 Å². The SMILES string of the molecule is O=C1NC(=O)C2(CCCCCC2)C(=O)N1CC1CCC1. The molecule has 5 nitrogen and oxygen atoms in total. The van der Waals surface area contributed by atoms with Crippen molar-refractivity contribution in [3.63, 3.8) is 0 Å². The van der Waals surface area contributed by atoms with E-state index in [1.807, 2.05) is 0 Å². The van der Waals surface area contributed by atoms with Crippen molar-refractivity contribution in [2.24, 2.45) is 11.3 Å². The van der Waals surface area contributed by atoms with Gasteiger partial charge in [0.1, 0.15) is 5.41 Å². The van der Waals surface area contributed by atoms with Crippen LogP contribution in [-0.4, -0.2) is 29.3 Å². The summed E-state index contributed by atoms with van der Waals surface area (Å²) in [5, 5.41) is 2.43. The minimum atomic E-state index is -0.964. The van der Waals surface area contributed by atoms with E-state index in [1.54, 1.807) is 0 Å². The molecule has 20 heavy (non-hydrogen) atoms. The van der Waals surface area contributed by atoms with Crippen LogP contribution in [0.1, 0.15) is 57.8 Å². The lowest BCUT2D eigenvalue weighted by molar-refractivity contribution is -0.153. The normalized spacial score (nSPS) is 27.2. The van der Waals surface area contributed by atoms with Gasteiger partial charge in [0.05, 0.1) is 0 Å². The summed E-state index contributed by atoms with van der Waals surface area (Å²) in [6.07, 6.45) is 8.44. The number of imide groups is 2. The number of amides is 4. The highest BCUT2D eigenvalue weighted by molar-refractivity contribution is 6.19. The topological polar surface area (TPSA) is 66.5 Å². The molecule has 0 radical (unpaired) electrons. The number of nitrogens with one attached hydrogen (secondary N) is 1. The quantitative estimate of drug-likeness (QED) is 0.787. The molecule has 1 saturated heterocycles. The lowest BCUT2D eigenvalue weighted by atomic mass is 9.76. The number of carbonyl (C=O) groups is 3. The highest BCUT2D eigenvalue weighted by Gasteiger charge is 2.53. The molecule has 0 aromatic rings. The van der Waals surface area contributed by atoms with E-state index in [4.69, 9.17) is 0 Å². The van der Waals surface area contributed by atoms with Gasteiger partial charge in [-0.1, -0.05) is 32.1 Å². The van der Waals surface area contributed by atoms with Crippen molar-refractivity contribution < 1.29 is 14.4 Å². The van der Waals surface area contributed by atoms with Crippen LogP contribution in [0.15, 0.2) is 0 Å². The van der Waals surface area contributed by atoms with Gasteiger partial charge in [-0.05, 0) is 31.6 Å². The Morgan fingerprint density at radius 1 is 1.00 bits per heavy atom. The monoisotopic (exact) mass is 278 g/mol. The highest BCUT2D eigenvalue weighted by atomic mass is 16.2. The van der Waals surface area contributed by atoms with Crippen LogP contribution in [0.25, 0.3) is 0 Å². The van der Waals surface area contributed by atoms with Gasteiger partial charge in [-0.15, -0.1) is 0 Å². The molecule has 110 valence electrons. The van der Waals surface area contributed by atoms with Crippen LogP contribution in [0.3, 0.4) is 0 Å². The highest BCUT2D eigenvalue weighted by Crippen LogP contribution is 2.40. The number of barbiturate groups is 1. The lowest BCUT2D eigenvalue weighted by Gasteiger charge is -2.41. The zero-order valence-corrected chi connectivity index (χ0v) is 11.8. The Kier molecular flexibility index (Phi) is 3.52. The maximum atomic E-state index is 12.8. The van der Waals surface area contributed by atoms with Crippen LogP contribution in [-0.2, 0) is 9.59 Å². The minimum Gasteiger partial charge on any atom is -0.277 e. The smallest absolute Gasteiger partial charge is 0.277 e. The van der Waals surface area contributed by atoms with E-state index in [-0.39, 0.29) is 11.8 Å². The zero-order valence-electron chi connectivity index (χ0n) is 11.8. The van der Waals surface area contributed by atoms with Crippen molar-refractivity contribution in [3.8, 4) is 0 Å². The summed E-state index contributed by atoms with van der Waals surface area (Å²) in [6, 6.07) is -0.512. The standard InChI is InChI=1S/C15H22N2O3/c18-12-15(8-3-1-2-4-9-15)13(19)17(14(20)16-12)10-11-6-5-7-11/h11H,1-10H2,(H,16,18,20). The Bertz CT molecular complexity index is 434. The molecule has 1 spiro atoms. The summed E-state index contributed by atoms with van der Waals surface area (Å²) in [6.45, 7) is 0.486. The van der Waals surface area contributed by atoms with Crippen molar-refractivity contribution in [2.45, 2.75) is 57.8 Å². The van der Waals surface area contributed by atoms with E-state index in [1.165, 1.54) is 11.3 Å². The second-order valence-electron chi connectivity index (χ2n) is 6.47. The number of rotatable bonds is 2. The van der Waals surface area contributed by atoms with Gasteiger partial charge < -0.3 is 0 Å². The summed E-state index contributed by atoms with van der Waals surface area (Å²) in [7, 11) is 0. The fourth-order valence-electron chi connectivity index (χ4n) is 3.60. The maximum Gasteiger partial charge on any atom is 0.330 e. The van der Waals surface area contributed by atoms with E-state index in [0.717, 1.165) is 38.5 Å². The molecule has 2 saturated carbocycles. The third-order valence-corrected chi connectivity index (χ3v) is 5.18. The fourth-order valence-corrected chi connectivity index (χ4v) is 3.60. The lowest BCUT2D eigenvalue weighted by Crippen LogP contribution is -2.64. The van der Waals surface area contributed by atoms with E-state index < -0.39 is 11.4 Å². The molecule has 1 heterocycles. The molecular formula is C15H22N2O3. The maximum absolute atomic E-state index is 12.8. The van der Waals surface area contributed by atoms with Crippen LogP contribution in [0.4, 0.5) is 4.79 Å². The molecule has 1 aliphatic heterocycles. The van der Waals surface area contributed by atoms with Gasteiger partial charge in [-0.25, -0.2) is 4.79 Å². The van der Waals surface area contributed by atoms with E-state index in [2.05, 4.69) is 5.32 Å². The minimum absolute atomic E-state index is 0.236. The molecule has 0 aromatic heterocycles. The van der Waals surface area contributed by atoms with Gasteiger partial charge in [0.15, 0.2) is 0 Å². The first-order chi connectivity index (χ1) is 9.63. The summed E-state index contributed by atoms with van der Waals surface area (Å²) in [5.74, 6) is -0.167. The van der Waals surface area contributed by atoms with E-state index in [0.29, 0.717) is 25.3 Å². The van der Waals surface area contributed by atoms with Gasteiger partial charge in [0.25, 0.3) is 0 Å². The average molecular weight is 278 g/mol. The molecule has 4 amide bonds. The second kappa shape index (κ2) is 5.19. The molecule has 2 aliphatic carbocycles. The van der Waals surface area contributed by atoms with Crippen molar-refractivity contribution in [2.75, 3.05) is 6.54 Å². The first kappa shape index (κ1) is 13.6. The summed E-state index contributed by atoms with van der Waals surface area (Å²) >= 11 is 0. The van der Waals surface area contributed by atoms with Gasteiger partial charge in [0, 0.05) is 6.54 Å². The number of hydrogen-bond acceptors (Lipinski definition) is 3. The van der Waals surface area contributed by atoms with Gasteiger partial charge in [-0.3, -0.25) is 19.8 Å². The number of carbonyl (C=O) groups excluding carboxylic acids is 3. The van der Waals surface area contributed by atoms with Crippen molar-refractivity contribution in [3.05, 3.63) is 0 Å². The Morgan fingerprint density at radius 2 is 1.65 bits per heavy atom. The fraction of sp³-hybridized carbons (Fsp3) is 0.800. The predicted molar refractivity (Wildman–Crippen MR) is 72.7 cm³/mol. The molecule has 0 atom stereocenters. The van der Waals surface area contributed by atoms with Gasteiger partial charge >= 0.3 is 6.03 Å². The molecule has 3 fully saturated rings. The summed E-state index contributed by atoms with van der Waals surface area (Å²) < 4.78 is 0. The van der Waals surface area contributed by atoms with Crippen LogP contribution in [0.2, 0.25) is 0 Å². The zero-order chi connectivity index (χ0) is 14.2. The van der Waals surface area contributed by atoms with Crippen LogP contribution in [0, 0.1) is 11.3 Å². The van der Waals surface area contributed by atoms with E-state index in [9.17, 15) is 14.4 Å². The first-order valence-electron chi connectivity index (χ1n) is 7.81. The van der Waals surface area contributed by atoms with Gasteiger partial charge in [-0.2, -0.15) is 0 Å². The molecule has 5 heteroatoms. The Hall–Kier alpha value is -1.39. The van der Waals surface area contributed by atoms with Crippen LogP contribution >= 0.6 is 0 Å².